The highest BCUT2D eigenvalue weighted by molar-refractivity contribution is 5.76. The second kappa shape index (κ2) is 5.46. The molecular formula is C11H17N3O. The minimum atomic E-state index is -0.0890. The summed E-state index contributed by atoms with van der Waals surface area (Å²) in [6, 6.07) is 3.72. The van der Waals surface area contributed by atoms with Crippen LogP contribution in [0.2, 0.25) is 0 Å². The number of pyridine rings is 1. The molecule has 1 aromatic heterocycles. The predicted molar refractivity (Wildman–Crippen MR) is 59.0 cm³/mol. The van der Waals surface area contributed by atoms with Crippen LogP contribution in [0.1, 0.15) is 18.9 Å². The van der Waals surface area contributed by atoms with E-state index in [-0.39, 0.29) is 11.9 Å². The number of carbonyl (C=O) groups excluding carboxylic acids is 1. The van der Waals surface area contributed by atoms with Crippen LogP contribution in [0.25, 0.3) is 0 Å². The van der Waals surface area contributed by atoms with Crippen molar-refractivity contribution in [2.24, 2.45) is 5.73 Å². The molecule has 15 heavy (non-hydrogen) atoms. The van der Waals surface area contributed by atoms with Gasteiger partial charge in [-0.15, -0.1) is 0 Å². The van der Waals surface area contributed by atoms with Gasteiger partial charge in [-0.05, 0) is 18.6 Å². The first-order chi connectivity index (χ1) is 7.09. The average molecular weight is 207 g/mol. The summed E-state index contributed by atoms with van der Waals surface area (Å²) in [4.78, 5) is 17.2. The van der Waals surface area contributed by atoms with E-state index in [1.165, 1.54) is 0 Å². The van der Waals surface area contributed by atoms with E-state index in [4.69, 9.17) is 5.73 Å². The summed E-state index contributed by atoms with van der Waals surface area (Å²) < 4.78 is 0. The Morgan fingerprint density at radius 3 is 2.93 bits per heavy atom. The summed E-state index contributed by atoms with van der Waals surface area (Å²) in [6.07, 6.45) is 3.86. The molecule has 1 amide bonds. The Morgan fingerprint density at radius 1 is 1.67 bits per heavy atom. The minimum Gasteiger partial charge on any atom is -0.341 e. The highest BCUT2D eigenvalue weighted by Gasteiger charge is 2.10. The van der Waals surface area contributed by atoms with Gasteiger partial charge in [0.15, 0.2) is 0 Å². The quantitative estimate of drug-likeness (QED) is 0.793. The first-order valence-electron chi connectivity index (χ1n) is 4.98. The number of amides is 1. The summed E-state index contributed by atoms with van der Waals surface area (Å²) >= 11 is 0. The molecule has 82 valence electrons. The maximum atomic E-state index is 11.6. The van der Waals surface area contributed by atoms with Gasteiger partial charge in [0.25, 0.3) is 0 Å². The van der Waals surface area contributed by atoms with Gasteiger partial charge in [0.2, 0.25) is 5.91 Å². The summed E-state index contributed by atoms with van der Waals surface area (Å²) in [5, 5.41) is 0. The zero-order valence-corrected chi connectivity index (χ0v) is 9.18. The fraction of sp³-hybridized carbons (Fsp3) is 0.455. The van der Waals surface area contributed by atoms with Crippen LogP contribution in [-0.4, -0.2) is 28.9 Å². The average Bonchev–Trinajstić information content (AvgIpc) is 2.18. The normalized spacial score (nSPS) is 12.2. The molecule has 4 nitrogen and oxygen atoms in total. The number of hydrogen-bond donors (Lipinski definition) is 1. The minimum absolute atomic E-state index is 0.0638. The molecule has 0 saturated heterocycles. The molecule has 0 spiro atoms. The Morgan fingerprint density at radius 2 is 2.40 bits per heavy atom. The lowest BCUT2D eigenvalue weighted by Crippen LogP contribution is -2.31. The van der Waals surface area contributed by atoms with Crippen molar-refractivity contribution in [1.82, 2.24) is 9.88 Å². The maximum absolute atomic E-state index is 11.6. The van der Waals surface area contributed by atoms with Gasteiger partial charge >= 0.3 is 0 Å². The van der Waals surface area contributed by atoms with Crippen LogP contribution in [0.3, 0.4) is 0 Å². The number of nitrogens with zero attached hydrogens (tertiary/aromatic N) is 2. The van der Waals surface area contributed by atoms with Crippen molar-refractivity contribution in [1.29, 1.82) is 0 Å². The molecule has 0 aliphatic rings. The topological polar surface area (TPSA) is 59.2 Å². The van der Waals surface area contributed by atoms with Crippen molar-refractivity contribution in [3.05, 3.63) is 30.1 Å². The van der Waals surface area contributed by atoms with Gasteiger partial charge in [-0.25, -0.2) is 0 Å². The molecule has 1 rings (SSSR count). The molecule has 0 bridgehead atoms. The Bertz CT molecular complexity index is 311. The molecular weight excluding hydrogens is 190 g/mol. The van der Waals surface area contributed by atoms with E-state index in [1.54, 1.807) is 24.3 Å². The number of hydrogen-bond acceptors (Lipinski definition) is 3. The van der Waals surface area contributed by atoms with Crippen molar-refractivity contribution >= 4 is 5.91 Å². The predicted octanol–water partition coefficient (Wildman–Crippen LogP) is 0.777. The van der Waals surface area contributed by atoms with Crippen LogP contribution >= 0.6 is 0 Å². The second-order valence-electron chi connectivity index (χ2n) is 3.79. The van der Waals surface area contributed by atoms with Crippen molar-refractivity contribution in [3.63, 3.8) is 0 Å². The van der Waals surface area contributed by atoms with E-state index >= 15 is 0 Å². The molecule has 0 aliphatic carbocycles. The monoisotopic (exact) mass is 207 g/mol. The lowest BCUT2D eigenvalue weighted by atomic mass is 10.2. The van der Waals surface area contributed by atoms with Crippen LogP contribution in [-0.2, 0) is 11.3 Å². The number of nitrogens with two attached hydrogens (primary N) is 1. The summed E-state index contributed by atoms with van der Waals surface area (Å²) in [7, 11) is 1.78. The van der Waals surface area contributed by atoms with E-state index in [2.05, 4.69) is 4.98 Å². The Labute approximate surface area is 90.1 Å². The standard InChI is InChI=1S/C11H17N3O/c1-9(12)6-11(15)14(2)8-10-4-3-5-13-7-10/h3-5,7,9H,6,8,12H2,1-2H3. The third kappa shape index (κ3) is 4.08. The molecule has 0 aliphatic heterocycles. The van der Waals surface area contributed by atoms with Gasteiger partial charge < -0.3 is 10.6 Å². The largest absolute Gasteiger partial charge is 0.341 e. The first-order valence-corrected chi connectivity index (χ1v) is 4.98. The highest BCUT2D eigenvalue weighted by Crippen LogP contribution is 2.03. The molecule has 0 saturated carbocycles. The maximum Gasteiger partial charge on any atom is 0.224 e. The highest BCUT2D eigenvalue weighted by atomic mass is 16.2. The molecule has 1 atom stereocenters. The first kappa shape index (κ1) is 11.7. The van der Waals surface area contributed by atoms with Crippen LogP contribution in [0, 0.1) is 0 Å². The van der Waals surface area contributed by atoms with Gasteiger partial charge in [-0.1, -0.05) is 6.07 Å². The second-order valence-corrected chi connectivity index (χ2v) is 3.79. The van der Waals surface area contributed by atoms with Gasteiger partial charge in [-0.2, -0.15) is 0 Å². The summed E-state index contributed by atoms with van der Waals surface area (Å²) in [5.74, 6) is 0.0638. The zero-order valence-electron chi connectivity index (χ0n) is 9.18. The van der Waals surface area contributed by atoms with E-state index in [9.17, 15) is 4.79 Å². The molecule has 0 fully saturated rings. The molecule has 1 heterocycles. The Kier molecular flexibility index (Phi) is 4.24. The van der Waals surface area contributed by atoms with Gasteiger partial charge in [0.1, 0.15) is 0 Å². The molecule has 4 heteroatoms. The smallest absolute Gasteiger partial charge is 0.224 e. The molecule has 0 aromatic carbocycles. The third-order valence-corrected chi connectivity index (χ3v) is 2.06. The van der Waals surface area contributed by atoms with Gasteiger partial charge in [-0.3, -0.25) is 9.78 Å². The fourth-order valence-electron chi connectivity index (χ4n) is 1.28. The molecule has 1 aromatic rings. The van der Waals surface area contributed by atoms with Crippen molar-refractivity contribution in [3.8, 4) is 0 Å². The molecule has 0 radical (unpaired) electrons. The number of aromatic nitrogens is 1. The van der Waals surface area contributed by atoms with Crippen LogP contribution in [0.4, 0.5) is 0 Å². The van der Waals surface area contributed by atoms with Gasteiger partial charge in [0, 0.05) is 38.4 Å². The van der Waals surface area contributed by atoms with E-state index in [0.29, 0.717) is 13.0 Å². The lowest BCUT2D eigenvalue weighted by Gasteiger charge is -2.18. The van der Waals surface area contributed by atoms with Crippen LogP contribution in [0.15, 0.2) is 24.5 Å². The van der Waals surface area contributed by atoms with E-state index < -0.39 is 0 Å². The van der Waals surface area contributed by atoms with Crippen molar-refractivity contribution in [2.75, 3.05) is 7.05 Å². The van der Waals surface area contributed by atoms with E-state index in [0.717, 1.165) is 5.56 Å². The molecule has 2 N–H and O–H groups in total. The Balaban J connectivity index is 2.49. The summed E-state index contributed by atoms with van der Waals surface area (Å²) in [5.41, 5.74) is 6.59. The molecule has 1 unspecified atom stereocenters. The van der Waals surface area contributed by atoms with Gasteiger partial charge in [0.05, 0.1) is 0 Å². The van der Waals surface area contributed by atoms with Crippen molar-refractivity contribution < 1.29 is 4.79 Å². The number of carbonyl (C=O) groups is 1. The van der Waals surface area contributed by atoms with Crippen molar-refractivity contribution in [2.45, 2.75) is 25.9 Å². The van der Waals surface area contributed by atoms with Crippen LogP contribution < -0.4 is 5.73 Å². The SMILES string of the molecule is CC(N)CC(=O)N(C)Cc1cccnc1. The summed E-state index contributed by atoms with van der Waals surface area (Å²) in [6.45, 7) is 2.41. The zero-order chi connectivity index (χ0) is 11.3. The number of rotatable bonds is 4. The fourth-order valence-corrected chi connectivity index (χ4v) is 1.28. The van der Waals surface area contributed by atoms with E-state index in [1.807, 2.05) is 19.1 Å². The lowest BCUT2D eigenvalue weighted by molar-refractivity contribution is -0.130. The van der Waals surface area contributed by atoms with Crippen LogP contribution in [0.5, 0.6) is 0 Å². The Hall–Kier alpha value is -1.42. The third-order valence-electron chi connectivity index (χ3n) is 2.06.